The molecule has 1 aromatic rings. The Morgan fingerprint density at radius 1 is 1.29 bits per heavy atom. The lowest BCUT2D eigenvalue weighted by Gasteiger charge is -2.07. The molecule has 0 radical (unpaired) electrons. The van der Waals surface area contributed by atoms with Crippen molar-refractivity contribution < 1.29 is 9.59 Å². The third-order valence-corrected chi connectivity index (χ3v) is 2.71. The van der Waals surface area contributed by atoms with E-state index in [1.165, 1.54) is 6.92 Å². The minimum Gasteiger partial charge on any atom is -0.399 e. The maximum Gasteiger partial charge on any atom is 0.252 e. The molecule has 0 spiro atoms. The number of halogens is 1. The fourth-order valence-electron chi connectivity index (χ4n) is 1.23. The number of carbonyl (C=O) groups excluding carboxylic acids is 2. The third-order valence-electron chi connectivity index (χ3n) is 2.02. The lowest BCUT2D eigenvalue weighted by molar-refractivity contribution is -0.118. The van der Waals surface area contributed by atoms with Crippen LogP contribution in [0, 0.1) is 0 Å². The molecule has 0 unspecified atom stereocenters. The molecule has 92 valence electrons. The molecule has 1 aromatic carbocycles. The van der Waals surface area contributed by atoms with Crippen molar-refractivity contribution in [2.45, 2.75) is 6.92 Å². The molecule has 2 amide bonds. The van der Waals surface area contributed by atoms with Crippen LogP contribution in [0.15, 0.2) is 22.7 Å². The first-order valence-corrected chi connectivity index (χ1v) is 5.87. The molecule has 0 heterocycles. The number of benzene rings is 1. The van der Waals surface area contributed by atoms with E-state index in [2.05, 4.69) is 26.6 Å². The van der Waals surface area contributed by atoms with E-state index in [9.17, 15) is 9.59 Å². The average molecular weight is 300 g/mol. The van der Waals surface area contributed by atoms with Crippen LogP contribution in [0.3, 0.4) is 0 Å². The Bertz CT molecular complexity index is 435. The van der Waals surface area contributed by atoms with Crippen molar-refractivity contribution in [2.24, 2.45) is 0 Å². The number of nitrogens with one attached hydrogen (secondary N) is 2. The lowest BCUT2D eigenvalue weighted by atomic mass is 10.2. The molecule has 0 aliphatic carbocycles. The van der Waals surface area contributed by atoms with Crippen LogP contribution in [0.2, 0.25) is 0 Å². The highest BCUT2D eigenvalue weighted by atomic mass is 79.9. The second-order valence-electron chi connectivity index (χ2n) is 3.48. The maximum atomic E-state index is 11.8. The van der Waals surface area contributed by atoms with E-state index in [1.54, 1.807) is 18.2 Å². The maximum absolute atomic E-state index is 11.8. The zero-order valence-corrected chi connectivity index (χ0v) is 11.0. The van der Waals surface area contributed by atoms with Crippen LogP contribution in [0.25, 0.3) is 0 Å². The average Bonchev–Trinajstić information content (AvgIpc) is 2.27. The summed E-state index contributed by atoms with van der Waals surface area (Å²) in [6.45, 7) is 2.21. The summed E-state index contributed by atoms with van der Waals surface area (Å²) in [7, 11) is 0. The second kappa shape index (κ2) is 6.24. The van der Waals surface area contributed by atoms with Gasteiger partial charge in [0.2, 0.25) is 5.91 Å². The molecule has 0 saturated heterocycles. The molecule has 0 bridgehead atoms. The fraction of sp³-hybridized carbons (Fsp3) is 0.273. The Hall–Kier alpha value is -1.56. The monoisotopic (exact) mass is 299 g/mol. The van der Waals surface area contributed by atoms with Crippen LogP contribution in [0.1, 0.15) is 17.3 Å². The number of anilines is 1. The van der Waals surface area contributed by atoms with Crippen molar-refractivity contribution in [3.63, 3.8) is 0 Å². The Morgan fingerprint density at radius 2 is 1.94 bits per heavy atom. The van der Waals surface area contributed by atoms with Crippen molar-refractivity contribution in [1.29, 1.82) is 0 Å². The fourth-order valence-corrected chi connectivity index (χ4v) is 1.65. The van der Waals surface area contributed by atoms with Gasteiger partial charge in [-0.1, -0.05) is 0 Å². The number of carbonyl (C=O) groups is 2. The largest absolute Gasteiger partial charge is 0.399 e. The van der Waals surface area contributed by atoms with Crippen molar-refractivity contribution in [1.82, 2.24) is 10.6 Å². The number of hydrogen-bond donors (Lipinski definition) is 3. The van der Waals surface area contributed by atoms with E-state index >= 15 is 0 Å². The second-order valence-corrected chi connectivity index (χ2v) is 4.33. The summed E-state index contributed by atoms with van der Waals surface area (Å²) in [6.07, 6.45) is 0. The molecule has 0 aromatic heterocycles. The van der Waals surface area contributed by atoms with Crippen molar-refractivity contribution >= 4 is 33.4 Å². The molecule has 0 aliphatic heterocycles. The molecule has 6 heteroatoms. The number of hydrogen-bond acceptors (Lipinski definition) is 3. The van der Waals surface area contributed by atoms with E-state index in [0.29, 0.717) is 28.8 Å². The van der Waals surface area contributed by atoms with Crippen molar-refractivity contribution in [2.75, 3.05) is 18.8 Å². The molecule has 0 saturated carbocycles. The zero-order chi connectivity index (χ0) is 12.8. The summed E-state index contributed by atoms with van der Waals surface area (Å²) >= 11 is 3.28. The van der Waals surface area contributed by atoms with Gasteiger partial charge in [0.25, 0.3) is 5.91 Å². The van der Waals surface area contributed by atoms with Crippen LogP contribution in [-0.2, 0) is 4.79 Å². The van der Waals surface area contributed by atoms with E-state index in [4.69, 9.17) is 5.73 Å². The highest BCUT2D eigenvalue weighted by molar-refractivity contribution is 9.10. The number of rotatable bonds is 4. The molecule has 0 fully saturated rings. The quantitative estimate of drug-likeness (QED) is 0.570. The van der Waals surface area contributed by atoms with E-state index in [1.807, 2.05) is 0 Å². The molecule has 5 nitrogen and oxygen atoms in total. The van der Waals surface area contributed by atoms with Crippen LogP contribution in [-0.4, -0.2) is 24.9 Å². The SMILES string of the molecule is CC(=O)NCCNC(=O)c1cc(N)ccc1Br. The van der Waals surface area contributed by atoms with Gasteiger partial charge in [0, 0.05) is 30.2 Å². The van der Waals surface area contributed by atoms with Gasteiger partial charge in [0.1, 0.15) is 0 Å². The summed E-state index contributed by atoms with van der Waals surface area (Å²) in [5, 5.41) is 5.27. The van der Waals surface area contributed by atoms with Gasteiger partial charge in [0.05, 0.1) is 5.56 Å². The molecule has 1 rings (SSSR count). The summed E-state index contributed by atoms with van der Waals surface area (Å²) < 4.78 is 0.684. The zero-order valence-electron chi connectivity index (χ0n) is 9.42. The number of nitrogens with two attached hydrogens (primary N) is 1. The first kappa shape index (κ1) is 13.5. The highest BCUT2D eigenvalue weighted by Crippen LogP contribution is 2.19. The van der Waals surface area contributed by atoms with Gasteiger partial charge < -0.3 is 16.4 Å². The predicted octanol–water partition coefficient (Wildman–Crippen LogP) is 0.897. The molecule has 17 heavy (non-hydrogen) atoms. The van der Waals surface area contributed by atoms with Crippen molar-refractivity contribution in [3.8, 4) is 0 Å². The Balaban J connectivity index is 2.52. The summed E-state index contributed by atoms with van der Waals surface area (Å²) in [6, 6.07) is 5.02. The van der Waals surface area contributed by atoms with Crippen molar-refractivity contribution in [3.05, 3.63) is 28.2 Å². The lowest BCUT2D eigenvalue weighted by Crippen LogP contribution is -2.33. The van der Waals surface area contributed by atoms with Crippen LogP contribution in [0.4, 0.5) is 5.69 Å². The van der Waals surface area contributed by atoms with E-state index < -0.39 is 0 Å². The molecular formula is C11H14BrN3O2. The summed E-state index contributed by atoms with van der Waals surface area (Å²) in [5.74, 6) is -0.348. The topological polar surface area (TPSA) is 84.2 Å². The smallest absolute Gasteiger partial charge is 0.252 e. The minimum absolute atomic E-state index is 0.121. The Kier molecular flexibility index (Phi) is 4.96. The Morgan fingerprint density at radius 3 is 2.59 bits per heavy atom. The first-order chi connectivity index (χ1) is 8.00. The predicted molar refractivity (Wildman–Crippen MR) is 69.6 cm³/mol. The normalized spacial score (nSPS) is 9.76. The number of nitrogen functional groups attached to an aromatic ring is 1. The molecule has 0 atom stereocenters. The standard InChI is InChI=1S/C11H14BrN3O2/c1-7(16)14-4-5-15-11(17)9-6-8(13)2-3-10(9)12/h2-3,6H,4-5,13H2,1H3,(H,14,16)(H,15,17). The number of amides is 2. The van der Waals surface area contributed by atoms with Crippen LogP contribution in [0.5, 0.6) is 0 Å². The van der Waals surface area contributed by atoms with Gasteiger partial charge in [0.15, 0.2) is 0 Å². The van der Waals surface area contributed by atoms with Crippen LogP contribution < -0.4 is 16.4 Å². The van der Waals surface area contributed by atoms with E-state index in [0.717, 1.165) is 0 Å². The first-order valence-electron chi connectivity index (χ1n) is 5.08. The Labute approximate surface area is 108 Å². The van der Waals surface area contributed by atoms with Gasteiger partial charge >= 0.3 is 0 Å². The van der Waals surface area contributed by atoms with E-state index in [-0.39, 0.29) is 11.8 Å². The highest BCUT2D eigenvalue weighted by Gasteiger charge is 2.09. The van der Waals surface area contributed by atoms with Gasteiger partial charge in [-0.3, -0.25) is 9.59 Å². The summed E-state index contributed by atoms with van der Waals surface area (Å²) in [5.41, 5.74) is 6.61. The van der Waals surface area contributed by atoms with Gasteiger partial charge in [-0.25, -0.2) is 0 Å². The van der Waals surface area contributed by atoms with Gasteiger partial charge in [-0.15, -0.1) is 0 Å². The van der Waals surface area contributed by atoms with Gasteiger partial charge in [-0.2, -0.15) is 0 Å². The molecule has 4 N–H and O–H groups in total. The summed E-state index contributed by atoms with van der Waals surface area (Å²) in [4.78, 5) is 22.4. The molecule has 0 aliphatic rings. The third kappa shape index (κ3) is 4.44. The molecular weight excluding hydrogens is 286 g/mol. The minimum atomic E-state index is -0.227. The van der Waals surface area contributed by atoms with Gasteiger partial charge in [-0.05, 0) is 34.1 Å². The van der Waals surface area contributed by atoms with Crippen LogP contribution >= 0.6 is 15.9 Å².